The molecule has 0 radical (unpaired) electrons. The summed E-state index contributed by atoms with van der Waals surface area (Å²) in [5.74, 6) is -0.426. The molecule has 0 saturated carbocycles. The van der Waals surface area contributed by atoms with Gasteiger partial charge in [-0.1, -0.05) is 6.07 Å². The van der Waals surface area contributed by atoms with E-state index in [0.29, 0.717) is 29.7 Å². The predicted molar refractivity (Wildman–Crippen MR) is 74.2 cm³/mol. The van der Waals surface area contributed by atoms with Crippen molar-refractivity contribution in [2.24, 2.45) is 0 Å². The third-order valence-electron chi connectivity index (χ3n) is 3.71. The van der Waals surface area contributed by atoms with Gasteiger partial charge >= 0.3 is 0 Å². The van der Waals surface area contributed by atoms with Crippen LogP contribution in [-0.2, 0) is 4.74 Å². The summed E-state index contributed by atoms with van der Waals surface area (Å²) in [4.78, 5) is 17.3. The summed E-state index contributed by atoms with van der Waals surface area (Å²) >= 11 is 0. The first-order valence-electron chi connectivity index (χ1n) is 6.76. The molecule has 1 aliphatic rings. The van der Waals surface area contributed by atoms with Crippen LogP contribution in [0.3, 0.4) is 0 Å². The maximum absolute atomic E-state index is 13.7. The maximum Gasteiger partial charge on any atom is 0.270 e. The molecule has 2 unspecified atom stereocenters. The third kappa shape index (κ3) is 2.18. The average molecular weight is 276 g/mol. The van der Waals surface area contributed by atoms with Crippen molar-refractivity contribution in [3.8, 4) is 0 Å². The van der Waals surface area contributed by atoms with Crippen LogP contribution in [0.15, 0.2) is 24.3 Å². The Morgan fingerprint density at radius 1 is 1.45 bits per heavy atom. The Kier molecular flexibility index (Phi) is 3.22. The second kappa shape index (κ2) is 4.90. The summed E-state index contributed by atoms with van der Waals surface area (Å²) in [7, 11) is 0. The van der Waals surface area contributed by atoms with Crippen molar-refractivity contribution >= 4 is 16.8 Å². The van der Waals surface area contributed by atoms with Gasteiger partial charge in [-0.3, -0.25) is 4.79 Å². The molecule has 1 aromatic heterocycles. The molecule has 2 heterocycles. The highest BCUT2D eigenvalue weighted by Gasteiger charge is 2.29. The molecular formula is C15H17FN2O2. The van der Waals surface area contributed by atoms with Crippen molar-refractivity contribution in [1.82, 2.24) is 9.88 Å². The molecule has 4 nitrogen and oxygen atoms in total. The maximum atomic E-state index is 13.7. The minimum Gasteiger partial charge on any atom is -0.375 e. The molecule has 20 heavy (non-hydrogen) atoms. The van der Waals surface area contributed by atoms with Gasteiger partial charge in [-0.2, -0.15) is 0 Å². The van der Waals surface area contributed by atoms with Crippen molar-refractivity contribution in [3.63, 3.8) is 0 Å². The Morgan fingerprint density at radius 3 is 3.00 bits per heavy atom. The lowest BCUT2D eigenvalue weighted by Gasteiger charge is -2.36. The number of amides is 1. The highest BCUT2D eigenvalue weighted by molar-refractivity contribution is 5.98. The van der Waals surface area contributed by atoms with E-state index in [9.17, 15) is 9.18 Å². The number of H-pyrrole nitrogens is 1. The summed E-state index contributed by atoms with van der Waals surface area (Å²) in [5, 5.41) is 0.449. The van der Waals surface area contributed by atoms with Gasteiger partial charge in [-0.25, -0.2) is 4.39 Å². The van der Waals surface area contributed by atoms with Crippen molar-refractivity contribution in [2.75, 3.05) is 13.2 Å². The van der Waals surface area contributed by atoms with Gasteiger partial charge in [0, 0.05) is 17.4 Å². The fourth-order valence-electron chi connectivity index (χ4n) is 2.57. The fourth-order valence-corrected chi connectivity index (χ4v) is 2.57. The van der Waals surface area contributed by atoms with E-state index in [-0.39, 0.29) is 23.9 Å². The van der Waals surface area contributed by atoms with E-state index in [2.05, 4.69) is 4.98 Å². The molecule has 1 amide bonds. The second-order valence-corrected chi connectivity index (χ2v) is 5.33. The summed E-state index contributed by atoms with van der Waals surface area (Å²) in [6, 6.07) is 6.39. The highest BCUT2D eigenvalue weighted by Crippen LogP contribution is 2.21. The summed E-state index contributed by atoms with van der Waals surface area (Å²) < 4.78 is 19.2. The minimum absolute atomic E-state index is 0.0231. The molecule has 106 valence electrons. The van der Waals surface area contributed by atoms with Gasteiger partial charge < -0.3 is 14.6 Å². The number of carbonyl (C=O) groups excluding carboxylic acids is 1. The first-order chi connectivity index (χ1) is 9.56. The van der Waals surface area contributed by atoms with E-state index in [1.807, 2.05) is 13.8 Å². The summed E-state index contributed by atoms with van der Waals surface area (Å²) in [6.07, 6.45) is 0.0243. The van der Waals surface area contributed by atoms with Crippen LogP contribution in [-0.4, -0.2) is 41.1 Å². The zero-order chi connectivity index (χ0) is 14.3. The molecule has 2 atom stereocenters. The number of hydrogen-bond donors (Lipinski definition) is 1. The van der Waals surface area contributed by atoms with Crippen LogP contribution >= 0.6 is 0 Å². The number of nitrogens with zero attached hydrogens (tertiary/aromatic N) is 1. The van der Waals surface area contributed by atoms with E-state index in [1.165, 1.54) is 6.07 Å². The molecule has 5 heteroatoms. The first-order valence-corrected chi connectivity index (χ1v) is 6.76. The molecule has 3 rings (SSSR count). The largest absolute Gasteiger partial charge is 0.375 e. The van der Waals surface area contributed by atoms with Gasteiger partial charge in [0.2, 0.25) is 0 Å². The van der Waals surface area contributed by atoms with Crippen LogP contribution in [0.4, 0.5) is 4.39 Å². The molecule has 0 spiro atoms. The number of hydrogen-bond acceptors (Lipinski definition) is 2. The van der Waals surface area contributed by atoms with Crippen LogP contribution in [0, 0.1) is 5.82 Å². The molecule has 1 aliphatic heterocycles. The number of halogens is 1. The first kappa shape index (κ1) is 13.1. The lowest BCUT2D eigenvalue weighted by Crippen LogP contribution is -2.50. The molecule has 1 N–H and O–H groups in total. The standard InChI is InChI=1S/C15H17FN2O2/c1-9-8-20-10(2)7-18(9)15(19)14-6-11-12(16)4-3-5-13(11)17-14/h3-6,9-10,17H,7-8H2,1-2H3. The fraction of sp³-hybridized carbons (Fsp3) is 0.400. The monoisotopic (exact) mass is 276 g/mol. The number of fused-ring (bicyclic) bond motifs is 1. The van der Waals surface area contributed by atoms with E-state index in [4.69, 9.17) is 4.74 Å². The van der Waals surface area contributed by atoms with Crippen molar-refractivity contribution in [2.45, 2.75) is 26.0 Å². The van der Waals surface area contributed by atoms with Crippen LogP contribution in [0.1, 0.15) is 24.3 Å². The Labute approximate surface area is 116 Å². The van der Waals surface area contributed by atoms with Crippen LogP contribution in [0.2, 0.25) is 0 Å². The number of benzene rings is 1. The van der Waals surface area contributed by atoms with Crippen molar-refractivity contribution in [3.05, 3.63) is 35.8 Å². The van der Waals surface area contributed by atoms with Gasteiger partial charge in [-0.15, -0.1) is 0 Å². The predicted octanol–water partition coefficient (Wildman–Crippen LogP) is 2.56. The van der Waals surface area contributed by atoms with Crippen molar-refractivity contribution < 1.29 is 13.9 Å². The smallest absolute Gasteiger partial charge is 0.270 e. The molecular weight excluding hydrogens is 259 g/mol. The Morgan fingerprint density at radius 2 is 2.25 bits per heavy atom. The number of aromatic amines is 1. The summed E-state index contributed by atoms with van der Waals surface area (Å²) in [5.41, 5.74) is 1.06. The normalized spacial score (nSPS) is 23.2. The minimum atomic E-state index is -0.318. The molecule has 1 saturated heterocycles. The lowest BCUT2D eigenvalue weighted by molar-refractivity contribution is -0.0388. The van der Waals surface area contributed by atoms with Gasteiger partial charge in [0.05, 0.1) is 18.8 Å². The Hall–Kier alpha value is -1.88. The third-order valence-corrected chi connectivity index (χ3v) is 3.71. The topological polar surface area (TPSA) is 45.3 Å². The van der Waals surface area contributed by atoms with Crippen molar-refractivity contribution in [1.29, 1.82) is 0 Å². The zero-order valence-corrected chi connectivity index (χ0v) is 11.5. The quantitative estimate of drug-likeness (QED) is 0.870. The zero-order valence-electron chi connectivity index (χ0n) is 11.5. The Balaban J connectivity index is 1.94. The highest BCUT2D eigenvalue weighted by atomic mass is 19.1. The van der Waals surface area contributed by atoms with Crippen LogP contribution in [0.5, 0.6) is 0 Å². The number of morpholine rings is 1. The summed E-state index contributed by atoms with van der Waals surface area (Å²) in [6.45, 7) is 4.98. The van der Waals surface area contributed by atoms with Gasteiger partial charge in [0.1, 0.15) is 11.5 Å². The molecule has 1 fully saturated rings. The Bertz CT molecular complexity index is 652. The number of aromatic nitrogens is 1. The molecule has 0 bridgehead atoms. The molecule has 2 aromatic rings. The number of ether oxygens (including phenoxy) is 1. The van der Waals surface area contributed by atoms with E-state index in [1.54, 1.807) is 23.1 Å². The van der Waals surface area contributed by atoms with Gasteiger partial charge in [0.15, 0.2) is 0 Å². The van der Waals surface area contributed by atoms with E-state index >= 15 is 0 Å². The van der Waals surface area contributed by atoms with E-state index < -0.39 is 0 Å². The number of nitrogens with one attached hydrogen (secondary N) is 1. The second-order valence-electron chi connectivity index (χ2n) is 5.33. The molecule has 0 aliphatic carbocycles. The van der Waals surface area contributed by atoms with E-state index in [0.717, 1.165) is 0 Å². The van der Waals surface area contributed by atoms with Crippen LogP contribution < -0.4 is 0 Å². The van der Waals surface area contributed by atoms with Gasteiger partial charge in [-0.05, 0) is 32.0 Å². The van der Waals surface area contributed by atoms with Crippen LogP contribution in [0.25, 0.3) is 10.9 Å². The average Bonchev–Trinajstić information content (AvgIpc) is 2.86. The van der Waals surface area contributed by atoms with Gasteiger partial charge in [0.25, 0.3) is 5.91 Å². The lowest BCUT2D eigenvalue weighted by atomic mass is 10.2. The number of rotatable bonds is 1. The number of carbonyl (C=O) groups is 1. The molecule has 1 aromatic carbocycles. The SMILES string of the molecule is CC1CN(C(=O)c2cc3c(F)cccc3[nH]2)C(C)CO1.